The number of aromatic hydroxyl groups is 1. The molecule has 4 aromatic rings. The first-order chi connectivity index (χ1) is 19.6. The zero-order valence-electron chi connectivity index (χ0n) is 21.9. The number of rotatable bonds is 7. The van der Waals surface area contributed by atoms with Crippen molar-refractivity contribution in [2.45, 2.75) is 18.2 Å². The molecule has 2 amide bonds. The first-order valence-corrected chi connectivity index (χ1v) is 14.8. The van der Waals surface area contributed by atoms with Crippen molar-refractivity contribution in [1.82, 2.24) is 10.0 Å². The highest BCUT2D eigenvalue weighted by atomic mass is 32.2. The molecule has 0 saturated carbocycles. The van der Waals surface area contributed by atoms with Gasteiger partial charge in [0.25, 0.3) is 15.9 Å². The molecule has 0 spiro atoms. The van der Waals surface area contributed by atoms with Crippen LogP contribution in [0.2, 0.25) is 0 Å². The zero-order valence-corrected chi connectivity index (χ0v) is 23.5. The fourth-order valence-electron chi connectivity index (χ4n) is 4.01. The number of carbonyl (C=O) groups is 2. The van der Waals surface area contributed by atoms with Crippen LogP contribution in [-0.4, -0.2) is 30.5 Å². The molecule has 1 aliphatic rings. The molecule has 5 rings (SSSR count). The standard InChI is InChI=1S/C31H25N3O5S2/c1-20-2-16-27(17-3-20)41(38,39)34-29(36)19-22-6-12-25(13-7-22)32-31-33-30(37)28(40-31)18-21-4-8-23(9-5-21)24-10-14-26(35)15-11-24/h2-18,35H,19H2,1H3,(H,34,36)(H,32,33,37)/b28-18+. The Kier molecular flexibility index (Phi) is 8.04. The highest BCUT2D eigenvalue weighted by Gasteiger charge is 2.24. The summed E-state index contributed by atoms with van der Waals surface area (Å²) in [5.74, 6) is -0.684. The van der Waals surface area contributed by atoms with Crippen LogP contribution in [0.25, 0.3) is 17.2 Å². The van der Waals surface area contributed by atoms with Crippen LogP contribution in [0.1, 0.15) is 16.7 Å². The summed E-state index contributed by atoms with van der Waals surface area (Å²) in [6.45, 7) is 1.85. The zero-order chi connectivity index (χ0) is 29.0. The minimum absolute atomic E-state index is 0.0262. The van der Waals surface area contributed by atoms with Gasteiger partial charge < -0.3 is 10.4 Å². The Labute approximate surface area is 241 Å². The summed E-state index contributed by atoms with van der Waals surface area (Å²) >= 11 is 1.22. The number of aryl methyl sites for hydroxylation is 1. The molecule has 0 aromatic heterocycles. The maximum absolute atomic E-state index is 12.5. The number of hydrogen-bond acceptors (Lipinski definition) is 7. The molecule has 0 atom stereocenters. The van der Waals surface area contributed by atoms with Crippen LogP contribution in [-0.2, 0) is 26.0 Å². The number of sulfonamides is 1. The van der Waals surface area contributed by atoms with E-state index in [1.807, 2.05) is 43.3 Å². The molecular weight excluding hydrogens is 558 g/mol. The predicted molar refractivity (Wildman–Crippen MR) is 161 cm³/mol. The van der Waals surface area contributed by atoms with Crippen molar-refractivity contribution in [1.29, 1.82) is 0 Å². The minimum atomic E-state index is -3.95. The van der Waals surface area contributed by atoms with Crippen molar-refractivity contribution in [2.75, 3.05) is 0 Å². The predicted octanol–water partition coefficient (Wildman–Crippen LogP) is 5.31. The minimum Gasteiger partial charge on any atom is -0.508 e. The first kappa shape index (κ1) is 27.9. The largest absolute Gasteiger partial charge is 0.508 e. The average Bonchev–Trinajstić information content (AvgIpc) is 3.28. The molecule has 0 aliphatic carbocycles. The molecule has 10 heteroatoms. The Hall–Kier alpha value is -4.67. The first-order valence-electron chi connectivity index (χ1n) is 12.5. The van der Waals surface area contributed by atoms with E-state index < -0.39 is 15.9 Å². The summed E-state index contributed by atoms with van der Waals surface area (Å²) in [4.78, 5) is 29.9. The molecule has 1 heterocycles. The highest BCUT2D eigenvalue weighted by Crippen LogP contribution is 2.29. The van der Waals surface area contributed by atoms with Crippen molar-refractivity contribution in [2.24, 2.45) is 4.99 Å². The smallest absolute Gasteiger partial charge is 0.264 e. The van der Waals surface area contributed by atoms with E-state index in [-0.39, 0.29) is 23.0 Å². The second-order valence-corrected chi connectivity index (χ2v) is 12.0. The van der Waals surface area contributed by atoms with Gasteiger partial charge in [-0.1, -0.05) is 66.2 Å². The summed E-state index contributed by atoms with van der Waals surface area (Å²) in [5, 5.41) is 12.7. The number of nitrogens with one attached hydrogen (secondary N) is 2. The monoisotopic (exact) mass is 583 g/mol. The average molecular weight is 584 g/mol. The topological polar surface area (TPSA) is 125 Å². The van der Waals surface area contributed by atoms with E-state index in [4.69, 9.17) is 0 Å². The van der Waals surface area contributed by atoms with E-state index in [2.05, 4.69) is 15.0 Å². The number of aliphatic imine (C=N–C) groups is 1. The van der Waals surface area contributed by atoms with E-state index in [1.165, 1.54) is 23.9 Å². The lowest BCUT2D eigenvalue weighted by atomic mass is 10.0. The number of amides is 2. The number of amidine groups is 1. The molecule has 0 unspecified atom stereocenters. The molecule has 1 saturated heterocycles. The number of carbonyl (C=O) groups excluding carboxylic acids is 2. The third kappa shape index (κ3) is 7.10. The van der Waals surface area contributed by atoms with Gasteiger partial charge in [-0.15, -0.1) is 0 Å². The molecule has 1 fully saturated rings. The second kappa shape index (κ2) is 11.8. The fraction of sp³-hybridized carbons (Fsp3) is 0.0645. The molecular formula is C31H25N3O5S2. The molecule has 206 valence electrons. The maximum atomic E-state index is 12.5. The van der Waals surface area contributed by atoms with Crippen molar-refractivity contribution in [3.05, 3.63) is 119 Å². The molecule has 0 bridgehead atoms. The molecule has 1 aliphatic heterocycles. The summed E-state index contributed by atoms with van der Waals surface area (Å²) in [5.41, 5.74) is 4.93. The third-order valence-electron chi connectivity index (χ3n) is 6.17. The summed E-state index contributed by atoms with van der Waals surface area (Å²) in [6.07, 6.45) is 1.67. The lowest BCUT2D eigenvalue weighted by Crippen LogP contribution is -2.31. The Bertz CT molecular complexity index is 1760. The van der Waals surface area contributed by atoms with Crippen LogP contribution >= 0.6 is 11.8 Å². The number of nitrogens with zero attached hydrogens (tertiary/aromatic N) is 1. The van der Waals surface area contributed by atoms with Gasteiger partial charge in [-0.3, -0.25) is 9.59 Å². The molecule has 4 aromatic carbocycles. The van der Waals surface area contributed by atoms with Crippen molar-refractivity contribution in [3.63, 3.8) is 0 Å². The summed E-state index contributed by atoms with van der Waals surface area (Å²) in [6, 6.07) is 27.7. The van der Waals surface area contributed by atoms with Crippen molar-refractivity contribution < 1.29 is 23.1 Å². The van der Waals surface area contributed by atoms with Gasteiger partial charge in [-0.05, 0) is 83.4 Å². The Morgan fingerprint density at radius 2 is 1.51 bits per heavy atom. The van der Waals surface area contributed by atoms with E-state index in [0.717, 1.165) is 22.3 Å². The maximum Gasteiger partial charge on any atom is 0.264 e. The van der Waals surface area contributed by atoms with Gasteiger partial charge in [0.05, 0.1) is 21.9 Å². The van der Waals surface area contributed by atoms with Gasteiger partial charge in [0, 0.05) is 0 Å². The van der Waals surface area contributed by atoms with Gasteiger partial charge >= 0.3 is 0 Å². The van der Waals surface area contributed by atoms with E-state index in [9.17, 15) is 23.1 Å². The molecule has 0 radical (unpaired) electrons. The number of phenolic OH excluding ortho intramolecular Hbond substituents is 1. The number of phenols is 1. The van der Waals surface area contributed by atoms with Crippen LogP contribution < -0.4 is 10.0 Å². The number of benzene rings is 4. The van der Waals surface area contributed by atoms with Gasteiger partial charge in [0.1, 0.15) is 5.75 Å². The van der Waals surface area contributed by atoms with Crippen LogP contribution in [0.15, 0.2) is 112 Å². The lowest BCUT2D eigenvalue weighted by molar-refractivity contribution is -0.118. The molecule has 8 nitrogen and oxygen atoms in total. The van der Waals surface area contributed by atoms with Crippen molar-refractivity contribution in [3.8, 4) is 16.9 Å². The number of thioether (sulfide) groups is 1. The second-order valence-electron chi connectivity index (χ2n) is 9.34. The normalized spacial score (nSPS) is 15.2. The Morgan fingerprint density at radius 1 is 0.902 bits per heavy atom. The molecule has 3 N–H and O–H groups in total. The van der Waals surface area contributed by atoms with E-state index >= 15 is 0 Å². The van der Waals surface area contributed by atoms with Crippen molar-refractivity contribution >= 4 is 50.5 Å². The van der Waals surface area contributed by atoms with Gasteiger partial charge in [0.15, 0.2) is 5.17 Å². The highest BCUT2D eigenvalue weighted by molar-refractivity contribution is 8.18. The van der Waals surface area contributed by atoms with Crippen LogP contribution in [0, 0.1) is 6.92 Å². The quantitative estimate of drug-likeness (QED) is 0.254. The van der Waals surface area contributed by atoms with E-state index in [1.54, 1.807) is 54.6 Å². The van der Waals surface area contributed by atoms with Crippen LogP contribution in [0.4, 0.5) is 5.69 Å². The van der Waals surface area contributed by atoms with Gasteiger partial charge in [0.2, 0.25) is 5.91 Å². The fourth-order valence-corrected chi connectivity index (χ4v) is 5.84. The van der Waals surface area contributed by atoms with Gasteiger partial charge in [-0.25, -0.2) is 18.1 Å². The SMILES string of the molecule is Cc1ccc(S(=O)(=O)NC(=O)Cc2ccc(N=C3NC(=O)/C(=C\c4ccc(-c5ccc(O)cc5)cc4)S3)cc2)cc1. The molecule has 41 heavy (non-hydrogen) atoms. The van der Waals surface area contributed by atoms with Crippen LogP contribution in [0.3, 0.4) is 0 Å². The summed E-state index contributed by atoms with van der Waals surface area (Å²) in [7, 11) is -3.95. The Morgan fingerprint density at radius 3 is 2.15 bits per heavy atom. The lowest BCUT2D eigenvalue weighted by Gasteiger charge is -2.07. The van der Waals surface area contributed by atoms with E-state index in [0.29, 0.717) is 21.3 Å². The summed E-state index contributed by atoms with van der Waals surface area (Å²) < 4.78 is 27.0. The Balaban J connectivity index is 1.20. The third-order valence-corrected chi connectivity index (χ3v) is 8.47. The van der Waals surface area contributed by atoms with Crippen LogP contribution in [0.5, 0.6) is 5.75 Å². The van der Waals surface area contributed by atoms with Gasteiger partial charge in [-0.2, -0.15) is 0 Å². The number of hydrogen-bond donors (Lipinski definition) is 3.